The van der Waals surface area contributed by atoms with Crippen molar-refractivity contribution in [1.29, 1.82) is 0 Å². The molecule has 0 amide bonds. The van der Waals surface area contributed by atoms with Crippen LogP contribution in [-0.2, 0) is 0 Å². The first kappa shape index (κ1) is 11.6. The number of aromatic nitrogens is 1. The molecule has 0 unspecified atom stereocenters. The van der Waals surface area contributed by atoms with Crippen LogP contribution in [0.15, 0.2) is 46.3 Å². The molecule has 2 aromatic rings. The second kappa shape index (κ2) is 4.95. The van der Waals surface area contributed by atoms with E-state index < -0.39 is 0 Å². The summed E-state index contributed by atoms with van der Waals surface area (Å²) in [6.07, 6.45) is 0. The molecule has 2 nitrogen and oxygen atoms in total. The van der Waals surface area contributed by atoms with Crippen LogP contribution in [0.1, 0.15) is 0 Å². The average molecular weight is 271 g/mol. The highest BCUT2D eigenvalue weighted by Crippen LogP contribution is 2.34. The molecule has 82 valence electrons. The van der Waals surface area contributed by atoms with Crippen molar-refractivity contribution in [2.45, 2.75) is 9.92 Å². The molecule has 0 spiro atoms. The number of anilines is 1. The highest BCUT2D eigenvalue weighted by molar-refractivity contribution is 7.99. The van der Waals surface area contributed by atoms with E-state index in [0.717, 1.165) is 4.90 Å². The van der Waals surface area contributed by atoms with Crippen molar-refractivity contribution < 1.29 is 0 Å². The maximum Gasteiger partial charge on any atom is 0.143 e. The van der Waals surface area contributed by atoms with E-state index in [9.17, 15) is 0 Å². The first-order valence-electron chi connectivity index (χ1n) is 4.51. The van der Waals surface area contributed by atoms with E-state index in [-0.39, 0.29) is 0 Å². The van der Waals surface area contributed by atoms with E-state index in [4.69, 9.17) is 28.9 Å². The van der Waals surface area contributed by atoms with Crippen molar-refractivity contribution in [3.05, 3.63) is 46.4 Å². The maximum atomic E-state index is 6.03. The Bertz CT molecular complexity index is 503. The van der Waals surface area contributed by atoms with Crippen molar-refractivity contribution >= 4 is 40.8 Å². The van der Waals surface area contributed by atoms with Crippen LogP contribution in [0.3, 0.4) is 0 Å². The Hall–Kier alpha value is -0.900. The van der Waals surface area contributed by atoms with Crippen molar-refractivity contribution in [2.75, 3.05) is 5.73 Å². The molecule has 0 atom stereocenters. The van der Waals surface area contributed by atoms with Crippen LogP contribution in [-0.4, -0.2) is 4.98 Å². The van der Waals surface area contributed by atoms with Gasteiger partial charge in [0.25, 0.3) is 0 Å². The fraction of sp³-hybridized carbons (Fsp3) is 0. The molecule has 0 aliphatic heterocycles. The molecule has 0 bridgehead atoms. The van der Waals surface area contributed by atoms with E-state index >= 15 is 0 Å². The molecular weight excluding hydrogens is 263 g/mol. The summed E-state index contributed by atoms with van der Waals surface area (Å²) < 4.78 is 0. The van der Waals surface area contributed by atoms with E-state index in [2.05, 4.69) is 4.98 Å². The van der Waals surface area contributed by atoms with E-state index in [1.165, 1.54) is 11.8 Å². The molecule has 1 heterocycles. The predicted octanol–water partition coefficient (Wildman–Crippen LogP) is 4.12. The largest absolute Gasteiger partial charge is 0.382 e. The van der Waals surface area contributed by atoms with Crippen molar-refractivity contribution in [2.24, 2.45) is 0 Å². The summed E-state index contributed by atoms with van der Waals surface area (Å²) in [5.74, 6) is 0.296. The molecule has 2 N–H and O–H groups in total. The van der Waals surface area contributed by atoms with E-state index in [0.29, 0.717) is 20.9 Å². The van der Waals surface area contributed by atoms with Gasteiger partial charge in [-0.2, -0.15) is 0 Å². The van der Waals surface area contributed by atoms with Crippen molar-refractivity contribution in [3.8, 4) is 0 Å². The summed E-state index contributed by atoms with van der Waals surface area (Å²) in [5.41, 5.74) is 5.63. The highest BCUT2D eigenvalue weighted by Gasteiger charge is 2.08. The molecular formula is C11H8Cl2N2S. The summed E-state index contributed by atoms with van der Waals surface area (Å²) in [6, 6.07) is 11.4. The zero-order valence-electron chi connectivity index (χ0n) is 8.15. The lowest BCUT2D eigenvalue weighted by atomic mass is 10.4. The van der Waals surface area contributed by atoms with Gasteiger partial charge >= 0.3 is 0 Å². The van der Waals surface area contributed by atoms with Gasteiger partial charge in [-0.25, -0.2) is 4.98 Å². The third-order valence-corrected chi connectivity index (χ3v) is 3.60. The van der Waals surface area contributed by atoms with Gasteiger partial charge in [-0.1, -0.05) is 53.2 Å². The van der Waals surface area contributed by atoms with Crippen LogP contribution < -0.4 is 5.73 Å². The zero-order valence-corrected chi connectivity index (χ0v) is 10.5. The Kier molecular flexibility index (Phi) is 3.59. The molecule has 1 aromatic carbocycles. The quantitative estimate of drug-likeness (QED) is 0.892. The maximum absolute atomic E-state index is 6.03. The van der Waals surface area contributed by atoms with Gasteiger partial charge in [0.15, 0.2) is 0 Å². The number of benzene rings is 1. The smallest absolute Gasteiger partial charge is 0.143 e. The monoisotopic (exact) mass is 270 g/mol. The van der Waals surface area contributed by atoms with Crippen LogP contribution in [0, 0.1) is 0 Å². The molecule has 2 rings (SSSR count). The van der Waals surface area contributed by atoms with Gasteiger partial charge in [0.1, 0.15) is 10.8 Å². The molecule has 0 saturated carbocycles. The van der Waals surface area contributed by atoms with E-state index in [1.54, 1.807) is 6.07 Å². The van der Waals surface area contributed by atoms with Crippen LogP contribution in [0.4, 0.5) is 5.82 Å². The Labute approximate surface area is 108 Å². The van der Waals surface area contributed by atoms with Crippen molar-refractivity contribution in [3.63, 3.8) is 0 Å². The van der Waals surface area contributed by atoms with Gasteiger partial charge in [-0.15, -0.1) is 0 Å². The molecule has 5 heteroatoms. The number of hydrogen-bond donors (Lipinski definition) is 1. The lowest BCUT2D eigenvalue weighted by molar-refractivity contribution is 1.14. The summed E-state index contributed by atoms with van der Waals surface area (Å²) in [6.45, 7) is 0. The van der Waals surface area contributed by atoms with Crippen LogP contribution >= 0.6 is 35.0 Å². The molecule has 0 aliphatic carbocycles. The summed E-state index contributed by atoms with van der Waals surface area (Å²) in [7, 11) is 0. The summed E-state index contributed by atoms with van der Waals surface area (Å²) in [4.78, 5) is 5.20. The van der Waals surface area contributed by atoms with Gasteiger partial charge in [0, 0.05) is 4.90 Å². The zero-order chi connectivity index (χ0) is 11.5. The number of pyridine rings is 1. The van der Waals surface area contributed by atoms with Gasteiger partial charge in [0.2, 0.25) is 0 Å². The van der Waals surface area contributed by atoms with Gasteiger partial charge in [0.05, 0.1) is 10.0 Å². The minimum atomic E-state index is 0.296. The normalized spacial score (nSPS) is 10.4. The van der Waals surface area contributed by atoms with Gasteiger partial charge < -0.3 is 5.73 Å². The Morgan fingerprint density at radius 3 is 2.44 bits per heavy atom. The highest BCUT2D eigenvalue weighted by atomic mass is 35.5. The molecule has 0 saturated heterocycles. The minimum Gasteiger partial charge on any atom is -0.382 e. The van der Waals surface area contributed by atoms with E-state index in [1.807, 2.05) is 30.3 Å². The Morgan fingerprint density at radius 1 is 1.06 bits per heavy atom. The molecule has 0 aliphatic rings. The molecule has 1 aromatic heterocycles. The van der Waals surface area contributed by atoms with Gasteiger partial charge in [-0.05, 0) is 18.2 Å². The summed E-state index contributed by atoms with van der Waals surface area (Å²) in [5, 5.41) is 1.55. The first-order valence-corrected chi connectivity index (χ1v) is 6.08. The Balaban J connectivity index is 2.32. The van der Waals surface area contributed by atoms with Crippen LogP contribution in [0.25, 0.3) is 0 Å². The molecule has 16 heavy (non-hydrogen) atoms. The Morgan fingerprint density at radius 2 is 1.75 bits per heavy atom. The second-order valence-corrected chi connectivity index (χ2v) is 4.93. The van der Waals surface area contributed by atoms with Crippen molar-refractivity contribution in [1.82, 2.24) is 4.98 Å². The minimum absolute atomic E-state index is 0.296. The topological polar surface area (TPSA) is 38.9 Å². The fourth-order valence-corrected chi connectivity index (χ4v) is 2.43. The lowest BCUT2D eigenvalue weighted by Crippen LogP contribution is -1.93. The SMILES string of the molecule is Nc1nc(Sc2ccccc2)c(Cl)cc1Cl. The van der Waals surface area contributed by atoms with Crippen LogP contribution in [0.5, 0.6) is 0 Å². The molecule has 0 radical (unpaired) electrons. The van der Waals surface area contributed by atoms with Gasteiger partial charge in [-0.3, -0.25) is 0 Å². The first-order chi connectivity index (χ1) is 7.66. The third kappa shape index (κ3) is 2.61. The number of nitrogens with zero attached hydrogens (tertiary/aromatic N) is 1. The predicted molar refractivity (Wildman–Crippen MR) is 69.2 cm³/mol. The second-order valence-electron chi connectivity index (χ2n) is 3.06. The third-order valence-electron chi connectivity index (χ3n) is 1.88. The standard InChI is InChI=1S/C11H8Cl2N2S/c12-8-6-9(13)11(15-10(8)14)16-7-4-2-1-3-5-7/h1-6H,(H2,14,15). The molecule has 0 fully saturated rings. The average Bonchev–Trinajstić information content (AvgIpc) is 2.27. The number of rotatable bonds is 2. The number of hydrogen-bond acceptors (Lipinski definition) is 3. The summed E-state index contributed by atoms with van der Waals surface area (Å²) >= 11 is 13.3. The number of nitrogen functional groups attached to an aromatic ring is 1. The van der Waals surface area contributed by atoms with Crippen LogP contribution in [0.2, 0.25) is 10.0 Å². The fourth-order valence-electron chi connectivity index (χ4n) is 1.13. The number of nitrogens with two attached hydrogens (primary N) is 1. The lowest BCUT2D eigenvalue weighted by Gasteiger charge is -2.05. The number of halogens is 2.